The van der Waals surface area contributed by atoms with Gasteiger partial charge in [-0.15, -0.1) is 0 Å². The summed E-state index contributed by atoms with van der Waals surface area (Å²) in [6.45, 7) is 1.43. The van der Waals surface area contributed by atoms with Crippen LogP contribution >= 0.6 is 0 Å². The molecule has 0 unspecified atom stereocenters. The van der Waals surface area contributed by atoms with Crippen LogP contribution in [0.2, 0.25) is 0 Å². The smallest absolute Gasteiger partial charge is 0.0587 e. The summed E-state index contributed by atoms with van der Waals surface area (Å²) in [4.78, 5) is 0. The van der Waals surface area contributed by atoms with Gasteiger partial charge in [0.15, 0.2) is 0 Å². The molecule has 0 aromatic rings. The molecule has 2 radical (unpaired) electrons. The van der Waals surface area contributed by atoms with Gasteiger partial charge in [-0.1, -0.05) is 0 Å². The molecule has 0 amide bonds. The second-order valence-electron chi connectivity index (χ2n) is 0.224. The number of hydrogen-bond donors (Lipinski definition) is 0. The van der Waals surface area contributed by atoms with Crippen LogP contribution in [0.4, 0.5) is 0 Å². The van der Waals surface area contributed by atoms with Crippen LogP contribution in [-0.4, -0.2) is 37.7 Å². The molecule has 0 bridgehead atoms. The van der Waals surface area contributed by atoms with Crippen LogP contribution in [0.1, 0.15) is 6.92 Å². The molecule has 1 nitrogen and oxygen atoms in total. The van der Waals surface area contributed by atoms with Crippen molar-refractivity contribution in [2.24, 2.45) is 0 Å². The Bertz CT molecular complexity index is 27.5. The number of rotatable bonds is 0. The first kappa shape index (κ1) is 8.83. The van der Waals surface area contributed by atoms with Crippen molar-refractivity contribution in [3.05, 3.63) is 0 Å². The Balaban J connectivity index is 0. The Labute approximate surface area is 55.6 Å². The minimum absolute atomic E-state index is 0. The summed E-state index contributed by atoms with van der Waals surface area (Å²) in [7, 11) is 0. The van der Waals surface area contributed by atoms with E-state index >= 15 is 0 Å². The number of hydrogen-bond acceptors (Lipinski definition) is 1. The number of nitrogens with zero attached hydrogens (tertiary/aromatic N) is 1. The topological polar surface area (TPSA) is 23.8 Å². The molecule has 0 aliphatic carbocycles. The Morgan fingerprint density at radius 1 is 1.75 bits per heavy atom. The molecule has 0 aliphatic heterocycles. The molecule has 2 heteroatoms. The van der Waals surface area contributed by atoms with E-state index in [1.807, 2.05) is 0 Å². The van der Waals surface area contributed by atoms with E-state index in [1.165, 1.54) is 6.92 Å². The van der Waals surface area contributed by atoms with E-state index in [2.05, 4.69) is 0 Å². The average molecular weight is 81.1 g/mol. The molecular weight excluding hydrogens is 78.1 g/mol. The maximum Gasteiger partial charge on any atom is 0.0587 e. The van der Waals surface area contributed by atoms with Crippen LogP contribution in [-0.2, 0) is 0 Å². The SMILES string of the molecule is CC#N.[Ca]. The third-order valence-corrected chi connectivity index (χ3v) is 0. The normalized spacial score (nSPS) is 2.00. The van der Waals surface area contributed by atoms with Gasteiger partial charge in [-0.25, -0.2) is 0 Å². The molecule has 0 atom stereocenters. The van der Waals surface area contributed by atoms with Crippen molar-refractivity contribution in [3.63, 3.8) is 0 Å². The Morgan fingerprint density at radius 2 is 1.75 bits per heavy atom. The van der Waals surface area contributed by atoms with Crippen molar-refractivity contribution < 1.29 is 0 Å². The Kier molecular flexibility index (Phi) is 20.4. The molecule has 0 aliphatic rings. The van der Waals surface area contributed by atoms with Gasteiger partial charge in [-0.2, -0.15) is 5.26 Å². The van der Waals surface area contributed by atoms with Gasteiger partial charge in [0.25, 0.3) is 0 Å². The zero-order chi connectivity index (χ0) is 2.71. The molecular formula is C2H3CaN. The predicted molar refractivity (Wildman–Crippen MR) is 17.0 cm³/mol. The van der Waals surface area contributed by atoms with E-state index in [4.69, 9.17) is 5.26 Å². The molecule has 0 fully saturated rings. The Morgan fingerprint density at radius 3 is 1.75 bits per heavy atom. The monoisotopic (exact) mass is 81.0 g/mol. The van der Waals surface area contributed by atoms with Crippen molar-refractivity contribution in [1.29, 1.82) is 5.26 Å². The molecule has 0 rings (SSSR count). The van der Waals surface area contributed by atoms with Gasteiger partial charge in [-0.3, -0.25) is 0 Å². The zero-order valence-corrected chi connectivity index (χ0v) is 4.86. The van der Waals surface area contributed by atoms with Crippen LogP contribution < -0.4 is 0 Å². The molecule has 0 saturated carbocycles. The van der Waals surface area contributed by atoms with E-state index in [0.717, 1.165) is 0 Å². The van der Waals surface area contributed by atoms with E-state index in [0.29, 0.717) is 0 Å². The van der Waals surface area contributed by atoms with E-state index in [9.17, 15) is 0 Å². The molecule has 0 saturated heterocycles. The van der Waals surface area contributed by atoms with Crippen molar-refractivity contribution in [2.75, 3.05) is 0 Å². The molecule has 0 N–H and O–H groups in total. The standard InChI is InChI=1S/C2H3N.Ca/c1-2-3;/h1H3;. The van der Waals surface area contributed by atoms with Crippen LogP contribution in [0.5, 0.6) is 0 Å². The quantitative estimate of drug-likeness (QED) is 0.381. The first-order chi connectivity index (χ1) is 1.41. The first-order valence-electron chi connectivity index (χ1n) is 0.724. The summed E-state index contributed by atoms with van der Waals surface area (Å²) in [5.74, 6) is 0. The van der Waals surface area contributed by atoms with E-state index in [1.54, 1.807) is 6.07 Å². The molecule has 0 aromatic carbocycles. The minimum Gasteiger partial charge on any atom is -0.199 e. The fraction of sp³-hybridized carbons (Fsp3) is 0.500. The summed E-state index contributed by atoms with van der Waals surface area (Å²) < 4.78 is 0. The van der Waals surface area contributed by atoms with E-state index < -0.39 is 0 Å². The van der Waals surface area contributed by atoms with Crippen LogP contribution in [0.3, 0.4) is 0 Å². The van der Waals surface area contributed by atoms with Crippen LogP contribution in [0.15, 0.2) is 0 Å². The number of nitriles is 1. The maximum atomic E-state index is 7.32. The van der Waals surface area contributed by atoms with Crippen molar-refractivity contribution in [1.82, 2.24) is 0 Å². The van der Waals surface area contributed by atoms with Crippen LogP contribution in [0.25, 0.3) is 0 Å². The van der Waals surface area contributed by atoms with Gasteiger partial charge >= 0.3 is 0 Å². The third kappa shape index (κ3) is 15.0. The van der Waals surface area contributed by atoms with Gasteiger partial charge in [0, 0.05) is 44.7 Å². The van der Waals surface area contributed by atoms with Gasteiger partial charge in [0.1, 0.15) is 0 Å². The van der Waals surface area contributed by atoms with E-state index in [-0.39, 0.29) is 37.7 Å². The maximum absolute atomic E-state index is 7.32. The summed E-state index contributed by atoms with van der Waals surface area (Å²) in [5.41, 5.74) is 0. The predicted octanol–water partition coefficient (Wildman–Crippen LogP) is 0.149. The average Bonchev–Trinajstić information content (AvgIpc) is 0.918. The van der Waals surface area contributed by atoms with Crippen LogP contribution in [0, 0.1) is 11.3 Å². The summed E-state index contributed by atoms with van der Waals surface area (Å²) in [5, 5.41) is 7.32. The molecule has 0 heterocycles. The molecule has 4 heavy (non-hydrogen) atoms. The van der Waals surface area contributed by atoms with Gasteiger partial charge < -0.3 is 0 Å². The fourth-order valence-electron chi connectivity index (χ4n) is 0. The van der Waals surface area contributed by atoms with Crippen molar-refractivity contribution in [3.8, 4) is 6.07 Å². The van der Waals surface area contributed by atoms with Gasteiger partial charge in [0.2, 0.25) is 0 Å². The zero-order valence-electron chi connectivity index (χ0n) is 2.65. The minimum atomic E-state index is 0. The fourth-order valence-corrected chi connectivity index (χ4v) is 0. The largest absolute Gasteiger partial charge is 0.199 e. The van der Waals surface area contributed by atoms with Gasteiger partial charge in [-0.05, 0) is 0 Å². The first-order valence-corrected chi connectivity index (χ1v) is 0.724. The Hall–Kier alpha value is 0.750. The molecule has 0 aromatic heterocycles. The molecule has 0 spiro atoms. The molecule has 18 valence electrons. The summed E-state index contributed by atoms with van der Waals surface area (Å²) >= 11 is 0. The summed E-state index contributed by atoms with van der Waals surface area (Å²) in [6.07, 6.45) is 0. The second kappa shape index (κ2) is 9.26. The third-order valence-electron chi connectivity index (χ3n) is 0. The van der Waals surface area contributed by atoms with Gasteiger partial charge in [0.05, 0.1) is 6.07 Å². The second-order valence-corrected chi connectivity index (χ2v) is 0.224. The van der Waals surface area contributed by atoms with Crippen molar-refractivity contribution in [2.45, 2.75) is 6.92 Å². The van der Waals surface area contributed by atoms with Crippen molar-refractivity contribution >= 4 is 37.7 Å². The summed E-state index contributed by atoms with van der Waals surface area (Å²) in [6, 6.07) is 1.75.